The molecule has 10 heteroatoms. The number of benzene rings is 1. The maximum absolute atomic E-state index is 13.7. The molecule has 6 nitrogen and oxygen atoms in total. The van der Waals surface area contributed by atoms with Gasteiger partial charge in [-0.2, -0.15) is 18.3 Å². The van der Waals surface area contributed by atoms with Gasteiger partial charge in [-0.05, 0) is 19.1 Å². The van der Waals surface area contributed by atoms with Crippen molar-refractivity contribution in [3.05, 3.63) is 48.5 Å². The molecule has 0 aliphatic rings. The summed E-state index contributed by atoms with van der Waals surface area (Å²) in [7, 11) is -3.42. The molecule has 0 amide bonds. The van der Waals surface area contributed by atoms with Gasteiger partial charge in [0, 0.05) is 30.8 Å². The fourth-order valence-electron chi connectivity index (χ4n) is 2.71. The second kappa shape index (κ2) is 6.76. The van der Waals surface area contributed by atoms with Crippen molar-refractivity contribution in [2.75, 3.05) is 6.26 Å². The maximum atomic E-state index is 13.7. The number of sulfone groups is 1. The first-order chi connectivity index (χ1) is 12.6. The molecule has 3 rings (SSSR count). The molecular weight excluding hydrogens is 381 g/mol. The van der Waals surface area contributed by atoms with E-state index in [0.717, 1.165) is 10.9 Å². The Kier molecular flexibility index (Phi) is 4.77. The molecule has 0 atom stereocenters. The van der Waals surface area contributed by atoms with Crippen LogP contribution in [0.2, 0.25) is 0 Å². The number of nitrogens with zero attached hydrogens (tertiary/aromatic N) is 4. The normalized spacial score (nSPS) is 12.3. The fourth-order valence-corrected chi connectivity index (χ4v) is 3.34. The van der Waals surface area contributed by atoms with Gasteiger partial charge in [-0.1, -0.05) is 12.1 Å². The highest BCUT2D eigenvalue weighted by Gasteiger charge is 2.40. The van der Waals surface area contributed by atoms with Crippen LogP contribution in [0, 0.1) is 0 Å². The van der Waals surface area contributed by atoms with E-state index in [1.165, 1.54) is 42.9 Å². The molecule has 2 heterocycles. The van der Waals surface area contributed by atoms with Crippen molar-refractivity contribution < 1.29 is 21.6 Å². The van der Waals surface area contributed by atoms with Gasteiger partial charge in [0.1, 0.15) is 5.69 Å². The number of hydrogen-bond acceptors (Lipinski definition) is 5. The van der Waals surface area contributed by atoms with Crippen LogP contribution in [0.25, 0.3) is 22.5 Å². The van der Waals surface area contributed by atoms with Crippen molar-refractivity contribution in [3.63, 3.8) is 0 Å². The molecule has 0 saturated heterocycles. The molecule has 142 valence electrons. The lowest BCUT2D eigenvalue weighted by Crippen LogP contribution is -2.15. The van der Waals surface area contributed by atoms with E-state index in [1.807, 2.05) is 0 Å². The molecule has 0 aliphatic carbocycles. The minimum atomic E-state index is -4.65. The van der Waals surface area contributed by atoms with E-state index in [1.54, 1.807) is 6.92 Å². The monoisotopic (exact) mass is 396 g/mol. The second-order valence-corrected chi connectivity index (χ2v) is 7.79. The van der Waals surface area contributed by atoms with Gasteiger partial charge < -0.3 is 0 Å². The molecule has 27 heavy (non-hydrogen) atoms. The molecule has 0 N–H and O–H groups in total. The summed E-state index contributed by atoms with van der Waals surface area (Å²) in [6.45, 7) is 1.56. The molecular formula is C17H15F3N4O2S. The maximum Gasteiger partial charge on any atom is 0.433 e. The van der Waals surface area contributed by atoms with Crippen LogP contribution < -0.4 is 0 Å². The Labute approximate surface area is 153 Å². The number of aromatic nitrogens is 4. The average Bonchev–Trinajstić information content (AvgIpc) is 3.02. The third-order valence-electron chi connectivity index (χ3n) is 3.90. The first-order valence-electron chi connectivity index (χ1n) is 7.87. The van der Waals surface area contributed by atoms with Crippen LogP contribution in [0.15, 0.2) is 47.8 Å². The van der Waals surface area contributed by atoms with Crippen LogP contribution >= 0.6 is 0 Å². The minimum absolute atomic E-state index is 0.00350. The van der Waals surface area contributed by atoms with Crippen LogP contribution in [0.5, 0.6) is 0 Å². The predicted molar refractivity (Wildman–Crippen MR) is 92.5 cm³/mol. The quantitative estimate of drug-likeness (QED) is 0.675. The number of alkyl halides is 3. The zero-order valence-electron chi connectivity index (χ0n) is 14.4. The minimum Gasteiger partial charge on any atom is -0.261 e. The first-order valence-corrected chi connectivity index (χ1v) is 9.77. The summed E-state index contributed by atoms with van der Waals surface area (Å²) in [5, 5.41) is 4.11. The van der Waals surface area contributed by atoms with Crippen LogP contribution in [-0.4, -0.2) is 34.4 Å². The summed E-state index contributed by atoms with van der Waals surface area (Å²) in [6.07, 6.45) is 0.304. The largest absolute Gasteiger partial charge is 0.433 e. The molecule has 0 radical (unpaired) electrons. The Morgan fingerprint density at radius 3 is 2.26 bits per heavy atom. The summed E-state index contributed by atoms with van der Waals surface area (Å²) >= 11 is 0. The zero-order chi connectivity index (χ0) is 19.8. The van der Waals surface area contributed by atoms with Gasteiger partial charge in [-0.15, -0.1) is 0 Å². The molecule has 1 aromatic carbocycles. The average molecular weight is 396 g/mol. The predicted octanol–water partition coefficient (Wildman–Crippen LogP) is 3.45. The SMILES string of the molecule is CCn1nc(-c2ccc(S(C)(=O)=O)cc2)c(-c2cnccn2)c1C(F)(F)F. The van der Waals surface area contributed by atoms with Gasteiger partial charge in [0.05, 0.1) is 22.3 Å². The summed E-state index contributed by atoms with van der Waals surface area (Å²) in [5.74, 6) is 0. The third-order valence-corrected chi connectivity index (χ3v) is 5.02. The zero-order valence-corrected chi connectivity index (χ0v) is 15.2. The summed E-state index contributed by atoms with van der Waals surface area (Å²) in [4.78, 5) is 7.92. The van der Waals surface area contributed by atoms with Gasteiger partial charge in [0.25, 0.3) is 0 Å². The van der Waals surface area contributed by atoms with E-state index < -0.39 is 21.7 Å². The standard InChI is InChI=1S/C17H15F3N4O2S/c1-3-24-16(17(18,19)20)14(13-10-21-8-9-22-13)15(23-24)11-4-6-12(7-5-11)27(2,25)26/h4-10H,3H2,1-2H3. The lowest BCUT2D eigenvalue weighted by Gasteiger charge is -2.11. The number of aryl methyl sites for hydroxylation is 1. The molecule has 0 fully saturated rings. The van der Waals surface area contributed by atoms with Crippen molar-refractivity contribution in [3.8, 4) is 22.5 Å². The second-order valence-electron chi connectivity index (χ2n) is 5.77. The Morgan fingerprint density at radius 2 is 1.78 bits per heavy atom. The molecule has 0 spiro atoms. The molecule has 0 aliphatic heterocycles. The van der Waals surface area contributed by atoms with Crippen molar-refractivity contribution in [1.82, 2.24) is 19.7 Å². The molecule has 3 aromatic rings. The smallest absolute Gasteiger partial charge is 0.261 e. The van der Waals surface area contributed by atoms with Gasteiger partial charge in [-0.3, -0.25) is 14.6 Å². The van der Waals surface area contributed by atoms with Gasteiger partial charge in [-0.25, -0.2) is 8.42 Å². The van der Waals surface area contributed by atoms with Crippen LogP contribution in [-0.2, 0) is 22.6 Å². The van der Waals surface area contributed by atoms with Crippen LogP contribution in [0.4, 0.5) is 13.2 Å². The topological polar surface area (TPSA) is 77.7 Å². The van der Waals surface area contributed by atoms with E-state index in [2.05, 4.69) is 15.1 Å². The van der Waals surface area contributed by atoms with Gasteiger partial charge in [0.15, 0.2) is 15.5 Å². The highest BCUT2D eigenvalue weighted by Crippen LogP contribution is 2.41. The van der Waals surface area contributed by atoms with Crippen molar-refractivity contribution in [1.29, 1.82) is 0 Å². The van der Waals surface area contributed by atoms with Gasteiger partial charge >= 0.3 is 6.18 Å². The lowest BCUT2D eigenvalue weighted by molar-refractivity contribution is -0.143. The summed E-state index contributed by atoms with van der Waals surface area (Å²) in [6, 6.07) is 5.53. The van der Waals surface area contributed by atoms with Crippen molar-refractivity contribution >= 4 is 9.84 Å². The first kappa shape index (κ1) is 19.0. The Morgan fingerprint density at radius 1 is 1.11 bits per heavy atom. The summed E-state index contributed by atoms with van der Waals surface area (Å²) < 4.78 is 65.3. The number of rotatable bonds is 4. The molecule has 2 aromatic heterocycles. The highest BCUT2D eigenvalue weighted by molar-refractivity contribution is 7.90. The highest BCUT2D eigenvalue weighted by atomic mass is 32.2. The number of halogens is 3. The molecule has 0 bridgehead atoms. The van der Waals surface area contributed by atoms with E-state index in [0.29, 0.717) is 5.56 Å². The molecule has 0 unspecified atom stereocenters. The van der Waals surface area contributed by atoms with E-state index in [9.17, 15) is 21.6 Å². The van der Waals surface area contributed by atoms with Crippen LogP contribution in [0.3, 0.4) is 0 Å². The van der Waals surface area contributed by atoms with Crippen LogP contribution in [0.1, 0.15) is 12.6 Å². The van der Waals surface area contributed by atoms with E-state index in [-0.39, 0.29) is 28.4 Å². The summed E-state index contributed by atoms with van der Waals surface area (Å²) in [5.41, 5.74) is -0.672. The molecule has 0 saturated carbocycles. The third kappa shape index (κ3) is 3.70. The Balaban J connectivity index is 2.29. The number of hydrogen-bond donors (Lipinski definition) is 0. The Hall–Kier alpha value is -2.75. The van der Waals surface area contributed by atoms with E-state index >= 15 is 0 Å². The van der Waals surface area contributed by atoms with Gasteiger partial charge in [0.2, 0.25) is 0 Å². The Bertz CT molecular complexity index is 1060. The fraction of sp³-hybridized carbons (Fsp3) is 0.235. The van der Waals surface area contributed by atoms with Crippen molar-refractivity contribution in [2.24, 2.45) is 0 Å². The van der Waals surface area contributed by atoms with Crippen molar-refractivity contribution in [2.45, 2.75) is 24.5 Å². The van der Waals surface area contributed by atoms with E-state index in [4.69, 9.17) is 0 Å². The lowest BCUT2D eigenvalue weighted by atomic mass is 10.0.